The van der Waals surface area contributed by atoms with Gasteiger partial charge in [0.25, 0.3) is 17.7 Å². The molecule has 1 aliphatic rings. The Kier molecular flexibility index (Phi) is 6.09. The molecular weight excluding hydrogens is 465 g/mol. The third kappa shape index (κ3) is 4.41. The molecule has 166 valence electrons. The summed E-state index contributed by atoms with van der Waals surface area (Å²) < 4.78 is 0. The largest absolute Gasteiger partial charge is 0.506 e. The minimum atomic E-state index is -0.678. The molecule has 0 bridgehead atoms. The van der Waals surface area contributed by atoms with Gasteiger partial charge in [-0.15, -0.1) is 0 Å². The number of imide groups is 1. The Morgan fingerprint density at radius 2 is 1.70 bits per heavy atom. The van der Waals surface area contributed by atoms with Gasteiger partial charge in [-0.2, -0.15) is 0 Å². The van der Waals surface area contributed by atoms with Crippen LogP contribution in [0.1, 0.15) is 15.9 Å². The minimum absolute atomic E-state index is 0.0662. The number of phenols is 1. The van der Waals surface area contributed by atoms with E-state index in [1.165, 1.54) is 18.2 Å². The fraction of sp³-hybridized carbons (Fsp3) is 0.0417. The second-order valence-corrected chi connectivity index (χ2v) is 8.06. The van der Waals surface area contributed by atoms with Gasteiger partial charge in [0.1, 0.15) is 16.5 Å². The maximum absolute atomic E-state index is 13.0. The number of rotatable bonds is 5. The fourth-order valence-corrected chi connectivity index (χ4v) is 3.69. The molecule has 0 aromatic heterocycles. The van der Waals surface area contributed by atoms with Gasteiger partial charge in [-0.3, -0.25) is 14.4 Å². The molecule has 1 aliphatic heterocycles. The number of carbonyl (C=O) groups excluding carboxylic acids is 3. The van der Waals surface area contributed by atoms with Gasteiger partial charge >= 0.3 is 0 Å². The second-order valence-electron chi connectivity index (χ2n) is 7.24. The summed E-state index contributed by atoms with van der Waals surface area (Å²) in [6.07, 6.45) is 0. The van der Waals surface area contributed by atoms with E-state index < -0.39 is 17.7 Å². The highest BCUT2D eigenvalue weighted by atomic mass is 35.5. The Labute approximate surface area is 199 Å². The van der Waals surface area contributed by atoms with Gasteiger partial charge in [0.05, 0.1) is 11.4 Å². The van der Waals surface area contributed by atoms with Crippen LogP contribution in [0.25, 0.3) is 0 Å². The zero-order chi connectivity index (χ0) is 23.7. The highest BCUT2D eigenvalue weighted by molar-refractivity contribution is 6.53. The molecule has 0 saturated heterocycles. The molecule has 3 amide bonds. The van der Waals surface area contributed by atoms with E-state index in [2.05, 4.69) is 10.6 Å². The van der Waals surface area contributed by atoms with E-state index in [0.717, 1.165) is 4.90 Å². The van der Waals surface area contributed by atoms with Crippen LogP contribution in [0.3, 0.4) is 0 Å². The molecule has 0 atom stereocenters. The number of amides is 3. The summed E-state index contributed by atoms with van der Waals surface area (Å²) in [5.74, 6) is -1.85. The number of nitrogens with zero attached hydrogens (tertiary/aromatic N) is 1. The summed E-state index contributed by atoms with van der Waals surface area (Å²) in [5.41, 5.74) is 1.80. The standard InChI is InChI=1S/C24H17Cl2N3O4/c1-13-9-10-15(25)12-18(13)29-23(32)20(26)21(24(29)33)27-16-6-4-5-14(11-16)22(31)28-17-7-2-3-8-19(17)30/h2-12,27,30H,1H3,(H,28,31). The van der Waals surface area contributed by atoms with E-state index in [-0.39, 0.29) is 27.7 Å². The smallest absolute Gasteiger partial charge is 0.283 e. The molecule has 0 unspecified atom stereocenters. The van der Waals surface area contributed by atoms with Crippen LogP contribution >= 0.6 is 23.2 Å². The van der Waals surface area contributed by atoms with Crippen molar-refractivity contribution in [3.05, 3.63) is 93.6 Å². The highest BCUT2D eigenvalue weighted by Gasteiger charge is 2.39. The molecule has 0 saturated carbocycles. The van der Waals surface area contributed by atoms with E-state index in [0.29, 0.717) is 22.0 Å². The lowest BCUT2D eigenvalue weighted by Gasteiger charge is -2.18. The predicted molar refractivity (Wildman–Crippen MR) is 128 cm³/mol. The third-order valence-corrected chi connectivity index (χ3v) is 5.57. The van der Waals surface area contributed by atoms with Crippen LogP contribution in [0.2, 0.25) is 5.02 Å². The molecule has 1 heterocycles. The average molecular weight is 482 g/mol. The zero-order valence-electron chi connectivity index (χ0n) is 17.2. The van der Waals surface area contributed by atoms with E-state index >= 15 is 0 Å². The van der Waals surface area contributed by atoms with E-state index in [4.69, 9.17) is 23.2 Å². The van der Waals surface area contributed by atoms with E-state index in [1.54, 1.807) is 55.5 Å². The molecule has 0 radical (unpaired) electrons. The minimum Gasteiger partial charge on any atom is -0.506 e. The Hall–Kier alpha value is -3.81. The normalized spacial score (nSPS) is 13.5. The summed E-state index contributed by atoms with van der Waals surface area (Å²) in [4.78, 5) is 39.3. The SMILES string of the molecule is Cc1ccc(Cl)cc1N1C(=O)C(Cl)=C(Nc2cccc(C(=O)Nc3ccccc3O)c2)C1=O. The van der Waals surface area contributed by atoms with Gasteiger partial charge in [0.2, 0.25) is 0 Å². The fourth-order valence-electron chi connectivity index (χ4n) is 3.31. The van der Waals surface area contributed by atoms with Crippen molar-refractivity contribution in [3.8, 4) is 5.75 Å². The summed E-state index contributed by atoms with van der Waals surface area (Å²) in [5, 5.41) is 15.4. The number of benzene rings is 3. The Balaban J connectivity index is 1.57. The molecule has 4 rings (SSSR count). The van der Waals surface area contributed by atoms with Crippen LogP contribution in [0.15, 0.2) is 77.5 Å². The number of carbonyl (C=O) groups is 3. The first-order valence-corrected chi connectivity index (χ1v) is 10.5. The van der Waals surface area contributed by atoms with E-state index in [9.17, 15) is 19.5 Å². The van der Waals surface area contributed by atoms with Gasteiger partial charge < -0.3 is 15.7 Å². The van der Waals surface area contributed by atoms with Crippen molar-refractivity contribution in [3.63, 3.8) is 0 Å². The zero-order valence-corrected chi connectivity index (χ0v) is 18.7. The van der Waals surface area contributed by atoms with Gasteiger partial charge in [0.15, 0.2) is 0 Å². The van der Waals surface area contributed by atoms with Crippen molar-refractivity contribution in [1.82, 2.24) is 0 Å². The summed E-state index contributed by atoms with van der Waals surface area (Å²) >= 11 is 12.2. The lowest BCUT2D eigenvalue weighted by atomic mass is 10.1. The van der Waals surface area contributed by atoms with Crippen molar-refractivity contribution in [2.45, 2.75) is 6.92 Å². The van der Waals surface area contributed by atoms with Crippen molar-refractivity contribution in [2.75, 3.05) is 15.5 Å². The second kappa shape index (κ2) is 8.97. The summed E-state index contributed by atoms with van der Waals surface area (Å²) in [6.45, 7) is 1.75. The number of nitrogens with one attached hydrogen (secondary N) is 2. The van der Waals surface area contributed by atoms with Crippen LogP contribution in [0, 0.1) is 6.92 Å². The van der Waals surface area contributed by atoms with Gasteiger partial charge in [0, 0.05) is 16.3 Å². The molecule has 3 aromatic carbocycles. The number of aromatic hydroxyl groups is 1. The van der Waals surface area contributed by atoms with Crippen molar-refractivity contribution < 1.29 is 19.5 Å². The van der Waals surface area contributed by atoms with Crippen LogP contribution < -0.4 is 15.5 Å². The molecule has 0 spiro atoms. The van der Waals surface area contributed by atoms with Crippen LogP contribution in [0.5, 0.6) is 5.75 Å². The maximum Gasteiger partial charge on any atom is 0.283 e. The Bertz CT molecular complexity index is 1340. The van der Waals surface area contributed by atoms with Crippen molar-refractivity contribution in [1.29, 1.82) is 0 Å². The molecule has 0 fully saturated rings. The van der Waals surface area contributed by atoms with Gasteiger partial charge in [-0.05, 0) is 55.0 Å². The maximum atomic E-state index is 13.0. The van der Waals surface area contributed by atoms with Crippen molar-refractivity contribution in [2.24, 2.45) is 0 Å². The Morgan fingerprint density at radius 3 is 2.45 bits per heavy atom. The number of halogens is 2. The molecule has 9 heteroatoms. The average Bonchev–Trinajstić information content (AvgIpc) is 3.00. The third-order valence-electron chi connectivity index (χ3n) is 4.99. The summed E-state index contributed by atoms with van der Waals surface area (Å²) in [6, 6.07) is 17.5. The first-order valence-electron chi connectivity index (χ1n) is 9.77. The molecular formula is C24H17Cl2N3O4. The predicted octanol–water partition coefficient (Wildman–Crippen LogP) is 5.04. The lowest BCUT2D eigenvalue weighted by molar-refractivity contribution is -0.120. The molecule has 3 N–H and O–H groups in total. The topological polar surface area (TPSA) is 98.7 Å². The number of para-hydroxylation sites is 2. The molecule has 0 aliphatic carbocycles. The number of hydrogen-bond acceptors (Lipinski definition) is 5. The number of anilines is 3. The molecule has 3 aromatic rings. The van der Waals surface area contributed by atoms with Crippen LogP contribution in [-0.2, 0) is 9.59 Å². The van der Waals surface area contributed by atoms with Crippen molar-refractivity contribution >= 4 is 58.0 Å². The van der Waals surface area contributed by atoms with Gasteiger partial charge in [-0.25, -0.2) is 4.90 Å². The first kappa shape index (κ1) is 22.4. The van der Waals surface area contributed by atoms with Gasteiger partial charge in [-0.1, -0.05) is 47.5 Å². The lowest BCUT2D eigenvalue weighted by Crippen LogP contribution is -2.32. The highest BCUT2D eigenvalue weighted by Crippen LogP contribution is 2.33. The van der Waals surface area contributed by atoms with Crippen LogP contribution in [-0.4, -0.2) is 22.8 Å². The quantitative estimate of drug-likeness (QED) is 0.350. The summed E-state index contributed by atoms with van der Waals surface area (Å²) in [7, 11) is 0. The number of hydrogen-bond donors (Lipinski definition) is 3. The monoisotopic (exact) mass is 481 g/mol. The molecule has 33 heavy (non-hydrogen) atoms. The number of aryl methyl sites for hydroxylation is 1. The molecule has 7 nitrogen and oxygen atoms in total. The Morgan fingerprint density at radius 1 is 0.939 bits per heavy atom. The van der Waals surface area contributed by atoms with Crippen LogP contribution in [0.4, 0.5) is 17.1 Å². The van der Waals surface area contributed by atoms with E-state index in [1.807, 2.05) is 0 Å². The first-order chi connectivity index (χ1) is 15.8. The number of phenolic OH excluding ortho intramolecular Hbond substituents is 1.